The van der Waals surface area contributed by atoms with E-state index in [-0.39, 0.29) is 0 Å². The first-order valence-electron chi connectivity index (χ1n) is 7.31. The Kier molecular flexibility index (Phi) is 5.61. The van der Waals surface area contributed by atoms with Crippen LogP contribution in [-0.4, -0.2) is 42.7 Å². The number of likely N-dealkylation sites (tertiary alicyclic amines) is 1. The largest absolute Gasteiger partial charge is 0.492 e. The summed E-state index contributed by atoms with van der Waals surface area (Å²) in [6, 6.07) is 2.04. The molecule has 106 valence electrons. The smallest absolute Gasteiger partial charge is 0.127 e. The molecule has 1 aromatic rings. The van der Waals surface area contributed by atoms with Crippen LogP contribution in [0.25, 0.3) is 0 Å². The van der Waals surface area contributed by atoms with Gasteiger partial charge in [0.15, 0.2) is 0 Å². The van der Waals surface area contributed by atoms with Crippen LogP contribution in [0.2, 0.25) is 0 Å². The molecule has 0 aromatic carbocycles. The van der Waals surface area contributed by atoms with Gasteiger partial charge in [0.05, 0.1) is 0 Å². The van der Waals surface area contributed by atoms with E-state index in [2.05, 4.69) is 22.1 Å². The van der Waals surface area contributed by atoms with Gasteiger partial charge in [-0.25, -0.2) is 0 Å². The van der Waals surface area contributed by atoms with Gasteiger partial charge in [-0.2, -0.15) is 0 Å². The first kappa shape index (κ1) is 14.3. The van der Waals surface area contributed by atoms with Crippen LogP contribution in [0.3, 0.4) is 0 Å². The Morgan fingerprint density at radius 2 is 2.16 bits per heavy atom. The molecule has 2 heterocycles. The van der Waals surface area contributed by atoms with Crippen molar-refractivity contribution in [2.45, 2.75) is 33.2 Å². The van der Waals surface area contributed by atoms with E-state index in [0.29, 0.717) is 0 Å². The summed E-state index contributed by atoms with van der Waals surface area (Å²) in [5, 5.41) is 3.33. The highest BCUT2D eigenvalue weighted by molar-refractivity contribution is 5.32. The summed E-state index contributed by atoms with van der Waals surface area (Å²) in [5.74, 6) is 0.979. The van der Waals surface area contributed by atoms with Crippen LogP contribution in [0, 0.1) is 6.92 Å². The van der Waals surface area contributed by atoms with E-state index in [4.69, 9.17) is 4.74 Å². The summed E-state index contributed by atoms with van der Waals surface area (Å²) < 4.78 is 5.96. The van der Waals surface area contributed by atoms with Gasteiger partial charge < -0.3 is 10.1 Å². The normalized spacial score (nSPS) is 15.9. The molecule has 0 saturated carbocycles. The van der Waals surface area contributed by atoms with Crippen LogP contribution in [0.5, 0.6) is 5.75 Å². The summed E-state index contributed by atoms with van der Waals surface area (Å²) in [7, 11) is 0. The summed E-state index contributed by atoms with van der Waals surface area (Å²) in [6.45, 7) is 10.1. The van der Waals surface area contributed by atoms with Gasteiger partial charge in [0.25, 0.3) is 0 Å². The standard InChI is InChI=1S/C15H25N3O/c1-3-16-11-14-12-17-13(2)10-15(14)19-9-8-18-6-4-5-7-18/h10,12,16H,3-9,11H2,1-2H3. The Bertz CT molecular complexity index is 389. The molecule has 1 aliphatic rings. The van der Waals surface area contributed by atoms with Crippen molar-refractivity contribution in [1.82, 2.24) is 15.2 Å². The zero-order chi connectivity index (χ0) is 13.5. The molecule has 0 radical (unpaired) electrons. The van der Waals surface area contributed by atoms with Gasteiger partial charge in [-0.3, -0.25) is 9.88 Å². The number of hydrogen-bond donors (Lipinski definition) is 1. The number of ether oxygens (including phenoxy) is 1. The molecule has 2 rings (SSSR count). The Hall–Kier alpha value is -1.13. The van der Waals surface area contributed by atoms with E-state index >= 15 is 0 Å². The second-order valence-corrected chi connectivity index (χ2v) is 5.11. The van der Waals surface area contributed by atoms with Crippen LogP contribution < -0.4 is 10.1 Å². The van der Waals surface area contributed by atoms with Gasteiger partial charge in [0.2, 0.25) is 0 Å². The molecular weight excluding hydrogens is 238 g/mol. The highest BCUT2D eigenvalue weighted by Crippen LogP contribution is 2.18. The molecule has 4 heteroatoms. The van der Waals surface area contributed by atoms with Gasteiger partial charge in [0.1, 0.15) is 12.4 Å². The third-order valence-electron chi connectivity index (χ3n) is 3.51. The fraction of sp³-hybridized carbons (Fsp3) is 0.667. The minimum atomic E-state index is 0.766. The summed E-state index contributed by atoms with van der Waals surface area (Å²) >= 11 is 0. The van der Waals surface area contributed by atoms with Crippen molar-refractivity contribution < 1.29 is 4.74 Å². The summed E-state index contributed by atoms with van der Waals surface area (Å²) in [6.07, 6.45) is 4.59. The lowest BCUT2D eigenvalue weighted by Gasteiger charge is -2.16. The predicted octanol–water partition coefficient (Wildman–Crippen LogP) is 1.97. The van der Waals surface area contributed by atoms with Gasteiger partial charge in [0, 0.05) is 36.6 Å². The van der Waals surface area contributed by atoms with E-state index in [1.54, 1.807) is 0 Å². The van der Waals surface area contributed by atoms with E-state index < -0.39 is 0 Å². The fourth-order valence-electron chi connectivity index (χ4n) is 2.38. The summed E-state index contributed by atoms with van der Waals surface area (Å²) in [5.41, 5.74) is 2.16. The maximum atomic E-state index is 5.96. The van der Waals surface area contributed by atoms with Crippen LogP contribution in [0.4, 0.5) is 0 Å². The third kappa shape index (κ3) is 4.48. The average molecular weight is 263 g/mol. The Morgan fingerprint density at radius 3 is 2.89 bits per heavy atom. The van der Waals surface area contributed by atoms with Crippen molar-refractivity contribution in [2.24, 2.45) is 0 Å². The maximum Gasteiger partial charge on any atom is 0.127 e. The van der Waals surface area contributed by atoms with E-state index in [0.717, 1.165) is 43.2 Å². The second kappa shape index (κ2) is 7.46. The fourth-order valence-corrected chi connectivity index (χ4v) is 2.38. The van der Waals surface area contributed by atoms with Crippen LogP contribution in [-0.2, 0) is 6.54 Å². The molecule has 0 aliphatic carbocycles. The van der Waals surface area contributed by atoms with Crippen molar-refractivity contribution >= 4 is 0 Å². The SMILES string of the molecule is CCNCc1cnc(C)cc1OCCN1CCCC1. The molecule has 1 aliphatic heterocycles. The Balaban J connectivity index is 1.87. The average Bonchev–Trinajstić information content (AvgIpc) is 2.91. The zero-order valence-electron chi connectivity index (χ0n) is 12.1. The lowest BCUT2D eigenvalue weighted by molar-refractivity contribution is 0.236. The first-order chi connectivity index (χ1) is 9.29. The molecule has 0 spiro atoms. The number of aromatic nitrogens is 1. The molecule has 0 atom stereocenters. The predicted molar refractivity (Wildman–Crippen MR) is 77.5 cm³/mol. The van der Waals surface area contributed by atoms with Crippen LogP contribution in [0.1, 0.15) is 31.0 Å². The highest BCUT2D eigenvalue weighted by Gasteiger charge is 2.11. The topological polar surface area (TPSA) is 37.4 Å². The molecule has 1 fully saturated rings. The molecule has 0 amide bonds. The van der Waals surface area contributed by atoms with Gasteiger partial charge in [-0.05, 0) is 39.4 Å². The number of hydrogen-bond acceptors (Lipinski definition) is 4. The lowest BCUT2D eigenvalue weighted by atomic mass is 10.2. The number of rotatable bonds is 7. The van der Waals surface area contributed by atoms with Crippen molar-refractivity contribution in [3.63, 3.8) is 0 Å². The third-order valence-corrected chi connectivity index (χ3v) is 3.51. The number of aryl methyl sites for hydroxylation is 1. The van der Waals surface area contributed by atoms with Gasteiger partial charge in [-0.1, -0.05) is 6.92 Å². The molecular formula is C15H25N3O. The number of nitrogens with one attached hydrogen (secondary N) is 1. The highest BCUT2D eigenvalue weighted by atomic mass is 16.5. The minimum Gasteiger partial charge on any atom is -0.492 e. The van der Waals surface area contributed by atoms with Crippen molar-refractivity contribution in [3.05, 3.63) is 23.5 Å². The van der Waals surface area contributed by atoms with Crippen molar-refractivity contribution in [2.75, 3.05) is 32.8 Å². The van der Waals surface area contributed by atoms with E-state index in [9.17, 15) is 0 Å². The minimum absolute atomic E-state index is 0.766. The molecule has 1 saturated heterocycles. The molecule has 1 aromatic heterocycles. The molecule has 0 unspecified atom stereocenters. The Labute approximate surface area is 116 Å². The number of nitrogens with zero attached hydrogens (tertiary/aromatic N) is 2. The number of pyridine rings is 1. The Morgan fingerprint density at radius 1 is 1.37 bits per heavy atom. The molecule has 4 nitrogen and oxygen atoms in total. The second-order valence-electron chi connectivity index (χ2n) is 5.11. The zero-order valence-corrected chi connectivity index (χ0v) is 12.1. The molecule has 19 heavy (non-hydrogen) atoms. The first-order valence-corrected chi connectivity index (χ1v) is 7.31. The van der Waals surface area contributed by atoms with E-state index in [1.807, 2.05) is 19.2 Å². The van der Waals surface area contributed by atoms with Crippen molar-refractivity contribution in [3.8, 4) is 5.75 Å². The monoisotopic (exact) mass is 263 g/mol. The van der Waals surface area contributed by atoms with E-state index in [1.165, 1.54) is 25.9 Å². The molecule has 0 bridgehead atoms. The van der Waals surface area contributed by atoms with Crippen molar-refractivity contribution in [1.29, 1.82) is 0 Å². The molecule has 1 N–H and O–H groups in total. The van der Waals surface area contributed by atoms with Crippen LogP contribution in [0.15, 0.2) is 12.3 Å². The quantitative estimate of drug-likeness (QED) is 0.816. The van der Waals surface area contributed by atoms with Gasteiger partial charge in [-0.15, -0.1) is 0 Å². The van der Waals surface area contributed by atoms with Gasteiger partial charge >= 0.3 is 0 Å². The van der Waals surface area contributed by atoms with Crippen LogP contribution >= 0.6 is 0 Å². The lowest BCUT2D eigenvalue weighted by Crippen LogP contribution is -2.25. The maximum absolute atomic E-state index is 5.96. The summed E-state index contributed by atoms with van der Waals surface area (Å²) in [4.78, 5) is 6.82.